The summed E-state index contributed by atoms with van der Waals surface area (Å²) < 4.78 is 19.4. The van der Waals surface area contributed by atoms with Crippen LogP contribution < -0.4 is 4.74 Å². The maximum atomic E-state index is 13.9. The fourth-order valence-electron chi connectivity index (χ4n) is 2.24. The number of aliphatic hydroxyl groups excluding tert-OH is 1. The van der Waals surface area contributed by atoms with Gasteiger partial charge in [-0.15, -0.1) is 0 Å². The lowest BCUT2D eigenvalue weighted by atomic mass is 10.1. The lowest BCUT2D eigenvalue weighted by Gasteiger charge is -2.11. The van der Waals surface area contributed by atoms with Crippen LogP contribution in [0.3, 0.4) is 0 Å². The maximum Gasteiger partial charge on any atom is 0.168 e. The molecule has 0 aromatic heterocycles. The molecule has 0 aliphatic rings. The highest BCUT2D eigenvalue weighted by atomic mass is 19.1. The van der Waals surface area contributed by atoms with Gasteiger partial charge in [-0.2, -0.15) is 0 Å². The van der Waals surface area contributed by atoms with Crippen molar-refractivity contribution in [3.8, 4) is 11.5 Å². The second-order valence-corrected chi connectivity index (χ2v) is 5.22. The summed E-state index contributed by atoms with van der Waals surface area (Å²) in [6.45, 7) is 0.452. The third kappa shape index (κ3) is 4.74. The summed E-state index contributed by atoms with van der Waals surface area (Å²) in [7, 11) is 0. The summed E-state index contributed by atoms with van der Waals surface area (Å²) in [4.78, 5) is 0. The number of phenolic OH excluding ortho intramolecular Hbond substituents is 1. The van der Waals surface area contributed by atoms with Crippen LogP contribution in [0.1, 0.15) is 30.4 Å². The van der Waals surface area contributed by atoms with Gasteiger partial charge in [0.2, 0.25) is 0 Å². The Hall–Kier alpha value is -2.07. The minimum Gasteiger partial charge on any atom is -0.508 e. The van der Waals surface area contributed by atoms with Gasteiger partial charge in [-0.05, 0) is 36.5 Å². The van der Waals surface area contributed by atoms with Crippen molar-refractivity contribution in [3.63, 3.8) is 0 Å². The first-order chi connectivity index (χ1) is 10.7. The molecule has 2 aromatic rings. The summed E-state index contributed by atoms with van der Waals surface area (Å²) in [6.07, 6.45) is 3.07. The number of hydrogen-bond donors (Lipinski definition) is 2. The summed E-state index contributed by atoms with van der Waals surface area (Å²) >= 11 is 0. The Morgan fingerprint density at radius 3 is 2.50 bits per heavy atom. The average molecular weight is 304 g/mol. The monoisotopic (exact) mass is 304 g/mol. The molecule has 0 unspecified atom stereocenters. The van der Waals surface area contributed by atoms with E-state index in [-0.39, 0.29) is 24.7 Å². The van der Waals surface area contributed by atoms with E-state index < -0.39 is 5.82 Å². The van der Waals surface area contributed by atoms with E-state index in [0.717, 1.165) is 30.9 Å². The second kappa shape index (κ2) is 8.39. The highest BCUT2D eigenvalue weighted by Crippen LogP contribution is 2.28. The molecular formula is C18H21FO3. The van der Waals surface area contributed by atoms with Crippen LogP contribution in [-0.2, 0) is 13.0 Å². The zero-order valence-electron chi connectivity index (χ0n) is 12.5. The number of aromatic hydroxyl groups is 1. The molecule has 0 fully saturated rings. The van der Waals surface area contributed by atoms with Gasteiger partial charge in [0, 0.05) is 12.7 Å². The smallest absolute Gasteiger partial charge is 0.168 e. The van der Waals surface area contributed by atoms with Crippen molar-refractivity contribution in [2.24, 2.45) is 0 Å². The molecule has 0 saturated heterocycles. The summed E-state index contributed by atoms with van der Waals surface area (Å²) in [5, 5.41) is 18.6. The van der Waals surface area contributed by atoms with E-state index in [2.05, 4.69) is 0 Å². The Bertz CT molecular complexity index is 584. The van der Waals surface area contributed by atoms with E-state index >= 15 is 0 Å². The van der Waals surface area contributed by atoms with Crippen LogP contribution in [0, 0.1) is 5.82 Å². The molecule has 0 aliphatic carbocycles. The Kier molecular flexibility index (Phi) is 6.22. The predicted molar refractivity (Wildman–Crippen MR) is 83.5 cm³/mol. The standard InChI is InChI=1S/C18H21FO3/c19-16-12-17(21)15(9-5-2-6-10-20)11-18(16)22-13-14-7-3-1-4-8-14/h1,3-4,7-8,11-12,20-21H,2,5-6,9-10,13H2. The fourth-order valence-corrected chi connectivity index (χ4v) is 2.24. The minimum atomic E-state index is -0.562. The molecule has 0 atom stereocenters. The van der Waals surface area contributed by atoms with Crippen LogP contribution in [-0.4, -0.2) is 16.8 Å². The third-order valence-electron chi connectivity index (χ3n) is 3.47. The molecule has 0 radical (unpaired) electrons. The summed E-state index contributed by atoms with van der Waals surface area (Å²) in [5.74, 6) is -0.458. The number of unbranched alkanes of at least 4 members (excludes halogenated alkanes) is 2. The van der Waals surface area contributed by atoms with Gasteiger partial charge in [0.1, 0.15) is 12.4 Å². The van der Waals surface area contributed by atoms with Gasteiger partial charge in [0.15, 0.2) is 11.6 Å². The molecule has 22 heavy (non-hydrogen) atoms. The Morgan fingerprint density at radius 2 is 1.77 bits per heavy atom. The van der Waals surface area contributed by atoms with Crippen LogP contribution in [0.2, 0.25) is 0 Å². The second-order valence-electron chi connectivity index (χ2n) is 5.22. The first-order valence-corrected chi connectivity index (χ1v) is 7.49. The first kappa shape index (κ1) is 16.3. The van der Waals surface area contributed by atoms with Crippen molar-refractivity contribution < 1.29 is 19.3 Å². The number of phenols is 1. The van der Waals surface area contributed by atoms with Crippen molar-refractivity contribution in [2.45, 2.75) is 32.3 Å². The molecule has 2 aromatic carbocycles. The number of ether oxygens (including phenoxy) is 1. The van der Waals surface area contributed by atoms with Crippen molar-refractivity contribution >= 4 is 0 Å². The van der Waals surface area contributed by atoms with Gasteiger partial charge in [-0.1, -0.05) is 36.8 Å². The van der Waals surface area contributed by atoms with E-state index in [0.29, 0.717) is 12.0 Å². The van der Waals surface area contributed by atoms with Crippen LogP contribution in [0.15, 0.2) is 42.5 Å². The fraction of sp³-hybridized carbons (Fsp3) is 0.333. The Labute approximate surface area is 130 Å². The molecule has 3 nitrogen and oxygen atoms in total. The molecule has 0 saturated carbocycles. The highest BCUT2D eigenvalue weighted by molar-refractivity contribution is 5.40. The van der Waals surface area contributed by atoms with Crippen molar-refractivity contribution in [2.75, 3.05) is 6.61 Å². The molecule has 2 N–H and O–H groups in total. The van der Waals surface area contributed by atoms with Gasteiger partial charge < -0.3 is 14.9 Å². The van der Waals surface area contributed by atoms with E-state index in [4.69, 9.17) is 9.84 Å². The number of rotatable bonds is 8. The number of hydrogen-bond acceptors (Lipinski definition) is 3. The molecular weight excluding hydrogens is 283 g/mol. The molecule has 0 spiro atoms. The zero-order chi connectivity index (χ0) is 15.8. The first-order valence-electron chi connectivity index (χ1n) is 7.49. The van der Waals surface area contributed by atoms with Crippen LogP contribution in [0.4, 0.5) is 4.39 Å². The van der Waals surface area contributed by atoms with Crippen LogP contribution >= 0.6 is 0 Å². The SMILES string of the molecule is OCCCCCc1cc(OCc2ccccc2)c(F)cc1O. The third-order valence-corrected chi connectivity index (χ3v) is 3.47. The number of aryl methyl sites for hydroxylation is 1. The van der Waals surface area contributed by atoms with E-state index in [1.807, 2.05) is 30.3 Å². The lowest BCUT2D eigenvalue weighted by molar-refractivity contribution is 0.282. The van der Waals surface area contributed by atoms with Crippen LogP contribution in [0.5, 0.6) is 11.5 Å². The quantitative estimate of drug-likeness (QED) is 0.729. The van der Waals surface area contributed by atoms with Gasteiger partial charge >= 0.3 is 0 Å². The molecule has 0 bridgehead atoms. The molecule has 4 heteroatoms. The van der Waals surface area contributed by atoms with Crippen molar-refractivity contribution in [1.82, 2.24) is 0 Å². The number of benzene rings is 2. The molecule has 2 rings (SSSR count). The van der Waals surface area contributed by atoms with E-state index in [1.165, 1.54) is 0 Å². The molecule has 0 amide bonds. The largest absolute Gasteiger partial charge is 0.508 e. The van der Waals surface area contributed by atoms with Crippen LogP contribution in [0.25, 0.3) is 0 Å². The van der Waals surface area contributed by atoms with Crippen molar-refractivity contribution in [3.05, 3.63) is 59.4 Å². The van der Waals surface area contributed by atoms with E-state index in [9.17, 15) is 9.50 Å². The number of aliphatic hydroxyl groups is 1. The Morgan fingerprint density at radius 1 is 1.00 bits per heavy atom. The molecule has 0 heterocycles. The normalized spacial score (nSPS) is 10.6. The van der Waals surface area contributed by atoms with E-state index in [1.54, 1.807) is 6.07 Å². The van der Waals surface area contributed by atoms with Gasteiger partial charge in [-0.25, -0.2) is 4.39 Å². The van der Waals surface area contributed by atoms with Crippen molar-refractivity contribution in [1.29, 1.82) is 0 Å². The topological polar surface area (TPSA) is 49.7 Å². The van der Waals surface area contributed by atoms with Gasteiger partial charge in [0.25, 0.3) is 0 Å². The number of halogens is 1. The maximum absolute atomic E-state index is 13.9. The summed E-state index contributed by atoms with van der Waals surface area (Å²) in [6, 6.07) is 12.2. The molecule has 0 aliphatic heterocycles. The van der Waals surface area contributed by atoms with Gasteiger partial charge in [-0.3, -0.25) is 0 Å². The zero-order valence-corrected chi connectivity index (χ0v) is 12.5. The lowest BCUT2D eigenvalue weighted by Crippen LogP contribution is -1.99. The Balaban J connectivity index is 2.00. The predicted octanol–water partition coefficient (Wildman–Crippen LogP) is 3.82. The average Bonchev–Trinajstić information content (AvgIpc) is 2.53. The highest BCUT2D eigenvalue weighted by Gasteiger charge is 2.10. The van der Waals surface area contributed by atoms with Gasteiger partial charge in [0.05, 0.1) is 0 Å². The molecule has 118 valence electrons. The summed E-state index contributed by atoms with van der Waals surface area (Å²) in [5.41, 5.74) is 1.63. The minimum absolute atomic E-state index is 0.0476.